The van der Waals surface area contributed by atoms with Gasteiger partial charge in [0.1, 0.15) is 5.75 Å². The zero-order valence-electron chi connectivity index (χ0n) is 13.5. The van der Waals surface area contributed by atoms with Crippen LogP contribution in [-0.4, -0.2) is 30.6 Å². The summed E-state index contributed by atoms with van der Waals surface area (Å²) in [5.74, 6) is 0.208. The summed E-state index contributed by atoms with van der Waals surface area (Å²) in [7, 11) is 1.92. The molecule has 2 aromatic heterocycles. The average molecular weight is 332 g/mol. The smallest absolute Gasteiger partial charge is 0.115 e. The summed E-state index contributed by atoms with van der Waals surface area (Å²) in [6, 6.07) is 14.9. The van der Waals surface area contributed by atoms with E-state index < -0.39 is 0 Å². The van der Waals surface area contributed by atoms with Gasteiger partial charge in [-0.05, 0) is 30.3 Å². The number of benzene rings is 2. The molecule has 4 aromatic rings. The Morgan fingerprint density at radius 2 is 1.84 bits per heavy atom. The first-order valence-corrected chi connectivity index (χ1v) is 7.77. The second kappa shape index (κ2) is 5.83. The van der Waals surface area contributed by atoms with Gasteiger partial charge in [-0.1, -0.05) is 23.4 Å². The van der Waals surface area contributed by atoms with E-state index in [0.717, 1.165) is 33.5 Å². The van der Waals surface area contributed by atoms with Gasteiger partial charge in [0.05, 0.1) is 35.6 Å². The quantitative estimate of drug-likeness (QED) is 0.342. The number of nitrogens with zero attached hydrogens (tertiary/aromatic N) is 4. The van der Waals surface area contributed by atoms with Gasteiger partial charge in [0, 0.05) is 23.7 Å². The topological polar surface area (TPSA) is 75.6 Å². The van der Waals surface area contributed by atoms with E-state index in [4.69, 9.17) is 0 Å². The number of para-hydroxylation sites is 1. The van der Waals surface area contributed by atoms with Gasteiger partial charge in [-0.25, -0.2) is 4.98 Å². The van der Waals surface area contributed by atoms with Crippen LogP contribution in [0.1, 0.15) is 5.56 Å². The number of hydrogen-bond acceptors (Lipinski definition) is 4. The molecule has 4 rings (SSSR count). The molecule has 25 heavy (non-hydrogen) atoms. The molecule has 0 saturated carbocycles. The molecule has 0 atom stereocenters. The number of hydrogen-bond donors (Lipinski definition) is 2. The van der Waals surface area contributed by atoms with Crippen molar-refractivity contribution in [1.29, 1.82) is 0 Å². The van der Waals surface area contributed by atoms with Gasteiger partial charge in [0.15, 0.2) is 0 Å². The second-order valence-corrected chi connectivity index (χ2v) is 5.77. The number of aromatic nitrogens is 3. The highest BCUT2D eigenvalue weighted by Gasteiger charge is 2.20. The minimum absolute atomic E-state index is 0.208. The van der Waals surface area contributed by atoms with E-state index in [9.17, 15) is 10.3 Å². The maximum absolute atomic E-state index is 9.63. The number of aryl methyl sites for hydroxylation is 1. The van der Waals surface area contributed by atoms with Crippen LogP contribution in [-0.2, 0) is 7.05 Å². The monoisotopic (exact) mass is 332 g/mol. The fourth-order valence-electron chi connectivity index (χ4n) is 3.16. The van der Waals surface area contributed by atoms with Gasteiger partial charge in [-0.15, -0.1) is 0 Å². The standard InChI is InChI=1S/C19H16N4O2/c1-22-12-20-11-18(22)19-16(10-21-25)15-4-2-3-5-17(15)23(19)13-6-8-14(24)9-7-13/h2-12,24-25H,1H3/b21-10+. The minimum atomic E-state index is 0.208. The second-order valence-electron chi connectivity index (χ2n) is 5.77. The molecule has 2 aromatic carbocycles. The molecule has 0 bridgehead atoms. The number of phenolic OH excluding ortho intramolecular Hbond substituents is 1. The largest absolute Gasteiger partial charge is 0.508 e. The van der Waals surface area contributed by atoms with Crippen LogP contribution in [0.2, 0.25) is 0 Å². The molecule has 0 saturated heterocycles. The summed E-state index contributed by atoms with van der Waals surface area (Å²) >= 11 is 0. The van der Waals surface area contributed by atoms with Gasteiger partial charge in [-0.2, -0.15) is 0 Å². The lowest BCUT2D eigenvalue weighted by atomic mass is 10.1. The zero-order chi connectivity index (χ0) is 17.4. The molecular weight excluding hydrogens is 316 g/mol. The van der Waals surface area contributed by atoms with Crippen molar-refractivity contribution in [3.8, 4) is 22.8 Å². The summed E-state index contributed by atoms with van der Waals surface area (Å²) in [6.07, 6.45) is 4.95. The first-order chi connectivity index (χ1) is 12.2. The Morgan fingerprint density at radius 1 is 1.08 bits per heavy atom. The van der Waals surface area contributed by atoms with E-state index in [1.165, 1.54) is 6.21 Å². The van der Waals surface area contributed by atoms with Crippen LogP contribution in [0.25, 0.3) is 28.0 Å². The minimum Gasteiger partial charge on any atom is -0.508 e. The third-order valence-corrected chi connectivity index (χ3v) is 4.27. The van der Waals surface area contributed by atoms with E-state index in [-0.39, 0.29) is 5.75 Å². The number of rotatable bonds is 3. The molecule has 0 fully saturated rings. The van der Waals surface area contributed by atoms with Crippen LogP contribution in [0.4, 0.5) is 0 Å². The lowest BCUT2D eigenvalue weighted by Gasteiger charge is -2.12. The molecule has 2 heterocycles. The molecule has 2 N–H and O–H groups in total. The highest BCUT2D eigenvalue weighted by atomic mass is 16.4. The van der Waals surface area contributed by atoms with E-state index in [1.54, 1.807) is 24.7 Å². The van der Waals surface area contributed by atoms with Gasteiger partial charge in [0.2, 0.25) is 0 Å². The number of fused-ring (bicyclic) bond motifs is 1. The van der Waals surface area contributed by atoms with Crippen LogP contribution in [0.5, 0.6) is 5.75 Å². The lowest BCUT2D eigenvalue weighted by Crippen LogP contribution is -2.01. The highest BCUT2D eigenvalue weighted by Crippen LogP contribution is 2.35. The fraction of sp³-hybridized carbons (Fsp3) is 0.0526. The number of aromatic hydroxyl groups is 1. The molecule has 0 aliphatic carbocycles. The third-order valence-electron chi connectivity index (χ3n) is 4.27. The molecule has 0 spiro atoms. The molecule has 6 nitrogen and oxygen atoms in total. The van der Waals surface area contributed by atoms with E-state index in [0.29, 0.717) is 0 Å². The summed E-state index contributed by atoms with van der Waals surface area (Å²) in [5, 5.41) is 23.0. The first kappa shape index (κ1) is 15.0. The molecule has 0 aliphatic rings. The number of oxime groups is 1. The van der Waals surface area contributed by atoms with Crippen LogP contribution in [0.15, 0.2) is 66.2 Å². The summed E-state index contributed by atoms with van der Waals surface area (Å²) in [6.45, 7) is 0. The normalized spacial score (nSPS) is 11.6. The molecule has 6 heteroatoms. The Hall–Kier alpha value is -3.54. The average Bonchev–Trinajstić information content (AvgIpc) is 3.18. The van der Waals surface area contributed by atoms with Crippen molar-refractivity contribution >= 4 is 17.1 Å². The predicted octanol–water partition coefficient (Wildman–Crippen LogP) is 3.54. The predicted molar refractivity (Wildman–Crippen MR) is 96.5 cm³/mol. The number of imidazole rings is 1. The maximum Gasteiger partial charge on any atom is 0.115 e. The van der Waals surface area contributed by atoms with E-state index >= 15 is 0 Å². The fourth-order valence-corrected chi connectivity index (χ4v) is 3.16. The Morgan fingerprint density at radius 3 is 2.52 bits per heavy atom. The van der Waals surface area contributed by atoms with Crippen molar-refractivity contribution in [2.24, 2.45) is 12.2 Å². The Kier molecular flexibility index (Phi) is 3.50. The molecule has 0 radical (unpaired) electrons. The van der Waals surface area contributed by atoms with Crippen molar-refractivity contribution in [3.05, 3.63) is 66.6 Å². The van der Waals surface area contributed by atoms with Crippen molar-refractivity contribution in [3.63, 3.8) is 0 Å². The zero-order valence-corrected chi connectivity index (χ0v) is 13.5. The Labute approximate surface area is 143 Å². The van der Waals surface area contributed by atoms with Crippen molar-refractivity contribution in [2.75, 3.05) is 0 Å². The first-order valence-electron chi connectivity index (χ1n) is 7.77. The lowest BCUT2D eigenvalue weighted by molar-refractivity contribution is 0.322. The SMILES string of the molecule is Cn1cncc1-c1c(/C=N/O)c2ccccc2n1-c1ccc(O)cc1. The molecule has 0 unspecified atom stereocenters. The Balaban J connectivity index is 2.16. The molecule has 124 valence electrons. The highest BCUT2D eigenvalue weighted by molar-refractivity contribution is 6.07. The van der Waals surface area contributed by atoms with E-state index in [1.807, 2.05) is 48.0 Å². The van der Waals surface area contributed by atoms with Crippen LogP contribution in [0, 0.1) is 0 Å². The Bertz CT molecular complexity index is 1070. The van der Waals surface area contributed by atoms with Gasteiger partial charge in [0.25, 0.3) is 0 Å². The van der Waals surface area contributed by atoms with Crippen LogP contribution in [0.3, 0.4) is 0 Å². The summed E-state index contributed by atoms with van der Waals surface area (Å²) < 4.78 is 3.99. The van der Waals surface area contributed by atoms with Crippen LogP contribution < -0.4 is 0 Å². The van der Waals surface area contributed by atoms with Gasteiger partial charge in [-0.3, -0.25) is 0 Å². The van der Waals surface area contributed by atoms with Gasteiger partial charge >= 0.3 is 0 Å². The molecular formula is C19H16N4O2. The van der Waals surface area contributed by atoms with Gasteiger partial charge < -0.3 is 19.4 Å². The third kappa shape index (κ3) is 2.35. The molecule has 0 amide bonds. The summed E-state index contributed by atoms with van der Waals surface area (Å²) in [5.41, 5.74) is 4.42. The van der Waals surface area contributed by atoms with Crippen LogP contribution >= 0.6 is 0 Å². The van der Waals surface area contributed by atoms with E-state index in [2.05, 4.69) is 14.7 Å². The van der Waals surface area contributed by atoms with Crippen molar-refractivity contribution < 1.29 is 10.3 Å². The molecule has 0 aliphatic heterocycles. The number of phenols is 1. The van der Waals surface area contributed by atoms with Crippen molar-refractivity contribution in [2.45, 2.75) is 0 Å². The maximum atomic E-state index is 9.63. The van der Waals surface area contributed by atoms with Crippen molar-refractivity contribution in [1.82, 2.24) is 14.1 Å². The summed E-state index contributed by atoms with van der Waals surface area (Å²) in [4.78, 5) is 4.22.